The molecular formula is C11H12FN3S. The zero-order chi connectivity index (χ0) is 11.4. The van der Waals surface area contributed by atoms with Crippen LogP contribution in [0.15, 0.2) is 41.8 Å². The molecule has 1 aromatic carbocycles. The van der Waals surface area contributed by atoms with E-state index < -0.39 is 0 Å². The minimum Gasteiger partial charge on any atom is -0.396 e. The number of nitrogens with two attached hydrogens (primary N) is 1. The fraction of sp³-hybridized carbons (Fsp3) is 0.182. The number of halogens is 1. The van der Waals surface area contributed by atoms with Crippen LogP contribution in [-0.2, 0) is 6.54 Å². The van der Waals surface area contributed by atoms with Crippen molar-refractivity contribution in [2.75, 3.05) is 11.5 Å². The van der Waals surface area contributed by atoms with Crippen LogP contribution in [0, 0.1) is 5.82 Å². The number of imidazole rings is 1. The van der Waals surface area contributed by atoms with Gasteiger partial charge in [0.2, 0.25) is 0 Å². The highest BCUT2D eigenvalue weighted by molar-refractivity contribution is 7.99. The Hall–Kier alpha value is -1.49. The maximum absolute atomic E-state index is 13.1. The molecule has 0 fully saturated rings. The first-order valence-corrected chi connectivity index (χ1v) is 5.88. The Morgan fingerprint density at radius 3 is 3.00 bits per heavy atom. The van der Waals surface area contributed by atoms with Gasteiger partial charge in [0, 0.05) is 29.6 Å². The van der Waals surface area contributed by atoms with Crippen LogP contribution < -0.4 is 5.73 Å². The van der Waals surface area contributed by atoms with Crippen LogP contribution in [0.5, 0.6) is 0 Å². The van der Waals surface area contributed by atoms with Crippen LogP contribution in [0.25, 0.3) is 0 Å². The van der Waals surface area contributed by atoms with Crippen LogP contribution in [0.4, 0.5) is 10.1 Å². The van der Waals surface area contributed by atoms with Crippen molar-refractivity contribution < 1.29 is 4.39 Å². The van der Waals surface area contributed by atoms with Crippen LogP contribution in [-0.4, -0.2) is 15.3 Å². The van der Waals surface area contributed by atoms with Crippen molar-refractivity contribution in [2.45, 2.75) is 11.4 Å². The van der Waals surface area contributed by atoms with Gasteiger partial charge in [-0.05, 0) is 18.2 Å². The number of thioether (sulfide) groups is 1. The number of aryl methyl sites for hydroxylation is 1. The second-order valence-electron chi connectivity index (χ2n) is 3.33. The summed E-state index contributed by atoms with van der Waals surface area (Å²) in [6, 6.07) is 4.89. The molecule has 5 heteroatoms. The normalized spacial score (nSPS) is 10.6. The van der Waals surface area contributed by atoms with Crippen LogP contribution in [0.1, 0.15) is 0 Å². The van der Waals surface area contributed by atoms with E-state index in [9.17, 15) is 4.39 Å². The first kappa shape index (κ1) is 11.0. The highest BCUT2D eigenvalue weighted by Gasteiger charge is 2.00. The molecule has 2 N–H and O–H groups in total. The molecule has 0 unspecified atom stereocenters. The number of rotatable bonds is 4. The van der Waals surface area contributed by atoms with Gasteiger partial charge < -0.3 is 10.3 Å². The maximum Gasteiger partial charge on any atom is 0.147 e. The molecule has 0 saturated carbocycles. The summed E-state index contributed by atoms with van der Waals surface area (Å²) < 4.78 is 15.1. The highest BCUT2D eigenvalue weighted by atomic mass is 32.2. The van der Waals surface area contributed by atoms with E-state index >= 15 is 0 Å². The number of benzene rings is 1. The molecule has 0 bridgehead atoms. The molecule has 0 radical (unpaired) electrons. The predicted octanol–water partition coefficient (Wildman–Crippen LogP) is 2.40. The summed E-state index contributed by atoms with van der Waals surface area (Å²) >= 11 is 1.60. The van der Waals surface area contributed by atoms with Crippen molar-refractivity contribution in [1.29, 1.82) is 0 Å². The molecule has 1 heterocycles. The minimum absolute atomic E-state index is 0.193. The predicted molar refractivity (Wildman–Crippen MR) is 63.8 cm³/mol. The smallest absolute Gasteiger partial charge is 0.147 e. The molecule has 0 atom stereocenters. The monoisotopic (exact) mass is 237 g/mol. The number of nitrogen functional groups attached to an aromatic ring is 1. The number of nitrogens with zero attached hydrogens (tertiary/aromatic N) is 2. The highest BCUT2D eigenvalue weighted by Crippen LogP contribution is 2.21. The van der Waals surface area contributed by atoms with Gasteiger partial charge >= 0.3 is 0 Å². The Kier molecular flexibility index (Phi) is 3.46. The summed E-state index contributed by atoms with van der Waals surface area (Å²) in [5, 5.41) is 0. The Labute approximate surface area is 97.5 Å². The van der Waals surface area contributed by atoms with Crippen molar-refractivity contribution in [1.82, 2.24) is 9.55 Å². The van der Waals surface area contributed by atoms with Crippen molar-refractivity contribution >= 4 is 17.4 Å². The van der Waals surface area contributed by atoms with Gasteiger partial charge in [-0.3, -0.25) is 0 Å². The molecule has 84 valence electrons. The Morgan fingerprint density at radius 1 is 1.44 bits per heavy atom. The first-order chi connectivity index (χ1) is 7.75. The van der Waals surface area contributed by atoms with Crippen LogP contribution in [0.3, 0.4) is 0 Å². The van der Waals surface area contributed by atoms with E-state index in [-0.39, 0.29) is 11.5 Å². The third-order valence-corrected chi connectivity index (χ3v) is 3.12. The summed E-state index contributed by atoms with van der Waals surface area (Å²) in [6.45, 7) is 0.858. The standard InChI is InChI=1S/C11H12FN3S/c12-10-7-9(1-2-11(10)13)16-6-5-15-4-3-14-8-15/h1-4,7-8H,5-6,13H2. The minimum atomic E-state index is -0.354. The van der Waals surface area contributed by atoms with Gasteiger partial charge in [0.05, 0.1) is 12.0 Å². The summed E-state index contributed by atoms with van der Waals surface area (Å²) in [4.78, 5) is 4.85. The molecule has 16 heavy (non-hydrogen) atoms. The first-order valence-electron chi connectivity index (χ1n) is 4.89. The quantitative estimate of drug-likeness (QED) is 0.656. The van der Waals surface area contributed by atoms with Gasteiger partial charge in [0.25, 0.3) is 0 Å². The van der Waals surface area contributed by atoms with Crippen LogP contribution >= 0.6 is 11.8 Å². The van der Waals surface area contributed by atoms with E-state index in [0.29, 0.717) is 0 Å². The lowest BCUT2D eigenvalue weighted by Crippen LogP contribution is -1.97. The Balaban J connectivity index is 1.87. The number of anilines is 1. The van der Waals surface area contributed by atoms with Gasteiger partial charge in [-0.2, -0.15) is 0 Å². The average Bonchev–Trinajstić information content (AvgIpc) is 2.76. The van der Waals surface area contributed by atoms with E-state index in [4.69, 9.17) is 5.73 Å². The molecular weight excluding hydrogens is 225 g/mol. The van der Waals surface area contributed by atoms with E-state index in [0.717, 1.165) is 17.2 Å². The number of hydrogen-bond donors (Lipinski definition) is 1. The molecule has 3 nitrogen and oxygen atoms in total. The molecule has 0 spiro atoms. The molecule has 1 aromatic heterocycles. The molecule has 0 amide bonds. The lowest BCUT2D eigenvalue weighted by molar-refractivity contribution is 0.629. The van der Waals surface area contributed by atoms with Gasteiger partial charge in [-0.15, -0.1) is 11.8 Å². The zero-order valence-electron chi connectivity index (χ0n) is 8.64. The average molecular weight is 237 g/mol. The van der Waals surface area contributed by atoms with Crippen LogP contribution in [0.2, 0.25) is 0 Å². The third kappa shape index (κ3) is 2.76. The third-order valence-electron chi connectivity index (χ3n) is 2.15. The fourth-order valence-electron chi connectivity index (χ4n) is 1.29. The van der Waals surface area contributed by atoms with E-state index in [2.05, 4.69) is 4.98 Å². The van der Waals surface area contributed by atoms with Gasteiger partial charge in [-0.25, -0.2) is 9.37 Å². The van der Waals surface area contributed by atoms with Crippen molar-refractivity contribution in [3.63, 3.8) is 0 Å². The molecule has 0 saturated heterocycles. The van der Waals surface area contributed by atoms with Crippen molar-refractivity contribution in [3.05, 3.63) is 42.7 Å². The topological polar surface area (TPSA) is 43.8 Å². The SMILES string of the molecule is Nc1ccc(SCCn2ccnc2)cc1F. The zero-order valence-corrected chi connectivity index (χ0v) is 9.45. The van der Waals surface area contributed by atoms with Gasteiger partial charge in [-0.1, -0.05) is 0 Å². The van der Waals surface area contributed by atoms with Crippen molar-refractivity contribution in [2.24, 2.45) is 0 Å². The van der Waals surface area contributed by atoms with Gasteiger partial charge in [0.1, 0.15) is 5.82 Å². The largest absolute Gasteiger partial charge is 0.396 e. The van der Waals surface area contributed by atoms with E-state index in [1.165, 1.54) is 6.07 Å². The maximum atomic E-state index is 13.1. The number of aromatic nitrogens is 2. The number of hydrogen-bond acceptors (Lipinski definition) is 3. The second kappa shape index (κ2) is 5.03. The fourth-order valence-corrected chi connectivity index (χ4v) is 2.17. The summed E-state index contributed by atoms with van der Waals surface area (Å²) in [7, 11) is 0. The lowest BCUT2D eigenvalue weighted by atomic mass is 10.3. The molecule has 0 aliphatic heterocycles. The molecule has 2 aromatic rings. The molecule has 0 aliphatic carbocycles. The molecule has 0 aliphatic rings. The second-order valence-corrected chi connectivity index (χ2v) is 4.50. The Bertz CT molecular complexity index is 456. The summed E-state index contributed by atoms with van der Waals surface area (Å²) in [5.74, 6) is 0.521. The summed E-state index contributed by atoms with van der Waals surface area (Å²) in [6.07, 6.45) is 5.42. The Morgan fingerprint density at radius 2 is 2.31 bits per heavy atom. The lowest BCUT2D eigenvalue weighted by Gasteiger charge is -2.04. The van der Waals surface area contributed by atoms with Crippen molar-refractivity contribution in [3.8, 4) is 0 Å². The van der Waals surface area contributed by atoms with E-state index in [1.807, 2.05) is 16.8 Å². The van der Waals surface area contributed by atoms with Gasteiger partial charge in [0.15, 0.2) is 0 Å². The summed E-state index contributed by atoms with van der Waals surface area (Å²) in [5.41, 5.74) is 5.59. The molecule has 2 rings (SSSR count). The van der Waals surface area contributed by atoms with E-state index in [1.54, 1.807) is 30.4 Å².